The van der Waals surface area contributed by atoms with Crippen LogP contribution in [0.3, 0.4) is 0 Å². The van der Waals surface area contributed by atoms with Gasteiger partial charge in [0.15, 0.2) is 6.04 Å². The standard InChI is InChI=1S/C19H20N4O2/c1-14-8-11-16(12-9-14)21-17(18(22-23-20)19(24)25-2)13-10-15-6-4-3-5-7-15/h3-13,17-18,21H,1-2H3/b13-10+/t17-,18+/m1/s1. The van der Waals surface area contributed by atoms with Gasteiger partial charge in [0.05, 0.1) is 13.2 Å². The molecule has 2 rings (SSSR count). The van der Waals surface area contributed by atoms with E-state index in [0.29, 0.717) is 0 Å². The van der Waals surface area contributed by atoms with E-state index in [2.05, 4.69) is 15.3 Å². The number of anilines is 1. The van der Waals surface area contributed by atoms with Crippen LogP contribution in [0, 0.1) is 6.92 Å². The molecule has 0 amide bonds. The number of benzene rings is 2. The van der Waals surface area contributed by atoms with E-state index in [1.165, 1.54) is 7.11 Å². The van der Waals surface area contributed by atoms with Gasteiger partial charge in [-0.1, -0.05) is 65.3 Å². The Morgan fingerprint density at radius 1 is 1.20 bits per heavy atom. The maximum atomic E-state index is 12.0. The molecule has 0 unspecified atom stereocenters. The lowest BCUT2D eigenvalue weighted by atomic mass is 10.1. The second kappa shape index (κ2) is 9.15. The molecular weight excluding hydrogens is 316 g/mol. The summed E-state index contributed by atoms with van der Waals surface area (Å²) in [5.74, 6) is -0.597. The molecule has 0 spiro atoms. The van der Waals surface area contributed by atoms with Gasteiger partial charge in [0.25, 0.3) is 0 Å². The number of carbonyl (C=O) groups is 1. The third kappa shape index (κ3) is 5.41. The van der Waals surface area contributed by atoms with Crippen molar-refractivity contribution in [1.82, 2.24) is 0 Å². The quantitative estimate of drug-likeness (QED) is 0.353. The van der Waals surface area contributed by atoms with Gasteiger partial charge in [0.2, 0.25) is 0 Å². The van der Waals surface area contributed by atoms with Crippen LogP contribution in [0.5, 0.6) is 0 Å². The lowest BCUT2D eigenvalue weighted by molar-refractivity contribution is -0.142. The summed E-state index contributed by atoms with van der Waals surface area (Å²) in [6, 6.07) is 15.8. The topological polar surface area (TPSA) is 87.1 Å². The number of azide groups is 1. The Morgan fingerprint density at radius 3 is 2.48 bits per heavy atom. The fraction of sp³-hybridized carbons (Fsp3) is 0.211. The largest absolute Gasteiger partial charge is 0.469 e. The fourth-order valence-electron chi connectivity index (χ4n) is 2.30. The molecule has 0 saturated heterocycles. The number of hydrogen-bond acceptors (Lipinski definition) is 4. The number of aryl methyl sites for hydroxylation is 1. The molecule has 2 atom stereocenters. The van der Waals surface area contributed by atoms with E-state index < -0.39 is 18.1 Å². The molecular formula is C19H20N4O2. The number of esters is 1. The van der Waals surface area contributed by atoms with Crippen LogP contribution in [-0.2, 0) is 9.53 Å². The Balaban J connectivity index is 2.31. The molecule has 0 aliphatic carbocycles. The lowest BCUT2D eigenvalue weighted by Crippen LogP contribution is -2.37. The van der Waals surface area contributed by atoms with Gasteiger partial charge in [-0.25, -0.2) is 0 Å². The fourth-order valence-corrected chi connectivity index (χ4v) is 2.30. The molecule has 0 aliphatic heterocycles. The van der Waals surface area contributed by atoms with Gasteiger partial charge >= 0.3 is 5.97 Å². The van der Waals surface area contributed by atoms with Crippen LogP contribution in [-0.4, -0.2) is 25.2 Å². The molecule has 0 fully saturated rings. The van der Waals surface area contributed by atoms with Gasteiger partial charge < -0.3 is 10.1 Å². The summed E-state index contributed by atoms with van der Waals surface area (Å²) in [6.07, 6.45) is 3.67. The van der Waals surface area contributed by atoms with Gasteiger partial charge in [0.1, 0.15) is 0 Å². The van der Waals surface area contributed by atoms with E-state index in [4.69, 9.17) is 10.3 Å². The first-order valence-corrected chi connectivity index (χ1v) is 7.82. The van der Waals surface area contributed by atoms with Crippen molar-refractivity contribution in [2.75, 3.05) is 12.4 Å². The molecule has 0 saturated carbocycles. The first-order valence-electron chi connectivity index (χ1n) is 7.82. The van der Waals surface area contributed by atoms with Gasteiger partial charge in [-0.3, -0.25) is 4.79 Å². The number of nitrogens with zero attached hydrogens (tertiary/aromatic N) is 3. The number of rotatable bonds is 7. The summed E-state index contributed by atoms with van der Waals surface area (Å²) in [5, 5.41) is 6.84. The Morgan fingerprint density at radius 2 is 1.88 bits per heavy atom. The SMILES string of the molecule is COC(=O)[C@@H](N=[N+]=[N-])[C@@H](/C=C/c1ccccc1)Nc1ccc(C)cc1. The average Bonchev–Trinajstić information content (AvgIpc) is 2.65. The van der Waals surface area contributed by atoms with Gasteiger partial charge in [0, 0.05) is 10.6 Å². The van der Waals surface area contributed by atoms with Crippen LogP contribution in [0.2, 0.25) is 0 Å². The minimum absolute atomic E-state index is 0.550. The Hall–Kier alpha value is -3.24. The normalized spacial score (nSPS) is 12.9. The third-order valence-electron chi connectivity index (χ3n) is 3.64. The first kappa shape index (κ1) is 18.1. The summed E-state index contributed by atoms with van der Waals surface area (Å²) in [7, 11) is 1.27. The summed E-state index contributed by atoms with van der Waals surface area (Å²) in [6.45, 7) is 1.99. The number of methoxy groups -OCH3 is 1. The number of nitrogens with one attached hydrogen (secondary N) is 1. The van der Waals surface area contributed by atoms with Crippen molar-refractivity contribution in [3.8, 4) is 0 Å². The minimum atomic E-state index is -1.02. The van der Waals surface area contributed by atoms with Crippen molar-refractivity contribution in [3.05, 3.63) is 82.2 Å². The van der Waals surface area contributed by atoms with Crippen LogP contribution >= 0.6 is 0 Å². The molecule has 1 N–H and O–H groups in total. The lowest BCUT2D eigenvalue weighted by Gasteiger charge is -2.21. The predicted molar refractivity (Wildman–Crippen MR) is 99.0 cm³/mol. The van der Waals surface area contributed by atoms with Crippen molar-refractivity contribution >= 4 is 17.7 Å². The van der Waals surface area contributed by atoms with Crippen LogP contribution in [0.15, 0.2) is 65.8 Å². The molecule has 128 valence electrons. The highest BCUT2D eigenvalue weighted by Gasteiger charge is 2.26. The van der Waals surface area contributed by atoms with Crippen LogP contribution in [0.25, 0.3) is 16.5 Å². The van der Waals surface area contributed by atoms with Gasteiger partial charge in [-0.05, 0) is 30.2 Å². The molecule has 25 heavy (non-hydrogen) atoms. The first-order chi connectivity index (χ1) is 12.1. The summed E-state index contributed by atoms with van der Waals surface area (Å²) in [5.41, 5.74) is 11.7. The molecule has 0 aromatic heterocycles. The zero-order chi connectivity index (χ0) is 18.1. The molecule has 0 heterocycles. The monoisotopic (exact) mass is 336 g/mol. The second-order valence-corrected chi connectivity index (χ2v) is 5.48. The Labute approximate surface area is 146 Å². The van der Waals surface area contributed by atoms with Crippen molar-refractivity contribution in [1.29, 1.82) is 0 Å². The van der Waals surface area contributed by atoms with Gasteiger partial charge in [-0.15, -0.1) is 0 Å². The molecule has 0 bridgehead atoms. The van der Waals surface area contributed by atoms with E-state index in [9.17, 15) is 4.79 Å². The molecule has 2 aromatic rings. The van der Waals surface area contributed by atoms with E-state index in [1.54, 1.807) is 6.08 Å². The zero-order valence-electron chi connectivity index (χ0n) is 14.2. The zero-order valence-corrected chi connectivity index (χ0v) is 14.2. The Kier molecular flexibility index (Phi) is 6.63. The Bertz CT molecular complexity index is 766. The van der Waals surface area contributed by atoms with E-state index in [0.717, 1.165) is 16.8 Å². The van der Waals surface area contributed by atoms with Crippen molar-refractivity contribution in [2.45, 2.75) is 19.0 Å². The number of hydrogen-bond donors (Lipinski definition) is 1. The molecule has 6 nitrogen and oxygen atoms in total. The molecule has 2 aromatic carbocycles. The predicted octanol–water partition coefficient (Wildman–Crippen LogP) is 4.34. The van der Waals surface area contributed by atoms with Gasteiger partial charge in [-0.2, -0.15) is 0 Å². The van der Waals surface area contributed by atoms with Crippen molar-refractivity contribution in [2.24, 2.45) is 5.11 Å². The van der Waals surface area contributed by atoms with Crippen LogP contribution in [0.4, 0.5) is 5.69 Å². The van der Waals surface area contributed by atoms with E-state index in [-0.39, 0.29) is 0 Å². The third-order valence-corrected chi connectivity index (χ3v) is 3.64. The highest BCUT2D eigenvalue weighted by Crippen LogP contribution is 2.16. The van der Waals surface area contributed by atoms with Crippen LogP contribution in [0.1, 0.15) is 11.1 Å². The highest BCUT2D eigenvalue weighted by molar-refractivity contribution is 5.78. The van der Waals surface area contributed by atoms with E-state index in [1.807, 2.05) is 67.6 Å². The molecule has 6 heteroatoms. The average molecular weight is 336 g/mol. The summed E-state index contributed by atoms with van der Waals surface area (Å²) >= 11 is 0. The smallest absolute Gasteiger partial charge is 0.317 e. The molecule has 0 radical (unpaired) electrons. The van der Waals surface area contributed by atoms with Crippen LogP contribution < -0.4 is 5.32 Å². The number of carbonyl (C=O) groups excluding carboxylic acids is 1. The minimum Gasteiger partial charge on any atom is -0.469 e. The second-order valence-electron chi connectivity index (χ2n) is 5.48. The van der Waals surface area contributed by atoms with Crippen molar-refractivity contribution in [3.63, 3.8) is 0 Å². The summed E-state index contributed by atoms with van der Waals surface area (Å²) in [4.78, 5) is 14.8. The van der Waals surface area contributed by atoms with Crippen molar-refractivity contribution < 1.29 is 9.53 Å². The maximum Gasteiger partial charge on any atom is 0.317 e. The highest BCUT2D eigenvalue weighted by atomic mass is 16.5. The molecule has 0 aliphatic rings. The number of ether oxygens (including phenoxy) is 1. The summed E-state index contributed by atoms with van der Waals surface area (Å²) < 4.78 is 4.78. The maximum absolute atomic E-state index is 12.0. The van der Waals surface area contributed by atoms with E-state index >= 15 is 0 Å².